The van der Waals surface area contributed by atoms with E-state index >= 15 is 0 Å². The van der Waals surface area contributed by atoms with Crippen molar-refractivity contribution in [3.05, 3.63) is 42.5 Å². The number of carboxylic acid groups (broad SMARTS) is 1. The monoisotopic (exact) mass is 584 g/mol. The molecule has 0 aromatic heterocycles. The number of amides is 3. The van der Waals surface area contributed by atoms with Crippen LogP contribution >= 0.6 is 0 Å². The number of sulfonamides is 1. The lowest BCUT2D eigenvalue weighted by Gasteiger charge is -2.43. The van der Waals surface area contributed by atoms with Gasteiger partial charge in [-0.2, -0.15) is 4.72 Å². The summed E-state index contributed by atoms with van der Waals surface area (Å²) in [7, 11) is -4.21. The van der Waals surface area contributed by atoms with E-state index in [0.717, 1.165) is 15.4 Å². The molecule has 2 fully saturated rings. The van der Waals surface area contributed by atoms with Gasteiger partial charge in [0.25, 0.3) is 11.7 Å². The Hall–Kier alpha value is -4.46. The zero-order chi connectivity index (χ0) is 29.7. The predicted octanol–water partition coefficient (Wildman–Crippen LogP) is -1.09. The van der Waals surface area contributed by atoms with E-state index in [1.165, 1.54) is 12.1 Å². The van der Waals surface area contributed by atoms with Gasteiger partial charge in [-0.05, 0) is 55.0 Å². The Balaban J connectivity index is 1.59. The summed E-state index contributed by atoms with van der Waals surface area (Å²) in [5.41, 5.74) is 6.87. The van der Waals surface area contributed by atoms with Gasteiger partial charge in [0.05, 0.1) is 21.3 Å². The number of rotatable bonds is 10. The summed E-state index contributed by atoms with van der Waals surface area (Å²) < 4.78 is 29.0. The van der Waals surface area contributed by atoms with Crippen molar-refractivity contribution in [3.8, 4) is 0 Å². The minimum Gasteiger partial charge on any atom is -0.550 e. The summed E-state index contributed by atoms with van der Waals surface area (Å²) in [6.07, 6.45) is -0.167. The molecule has 0 spiro atoms. The van der Waals surface area contributed by atoms with Crippen LogP contribution in [0.4, 0.5) is 0 Å². The van der Waals surface area contributed by atoms with Crippen LogP contribution in [-0.4, -0.2) is 83.6 Å². The smallest absolute Gasteiger partial charge is 0.374 e. The molecule has 3 atom stereocenters. The zero-order valence-electron chi connectivity index (χ0n) is 21.8. The topological polar surface area (TPSA) is 211 Å². The van der Waals surface area contributed by atoms with E-state index in [2.05, 4.69) is 14.8 Å². The van der Waals surface area contributed by atoms with Gasteiger partial charge in [-0.15, -0.1) is 0 Å². The Morgan fingerprint density at radius 1 is 1.12 bits per heavy atom. The largest absolute Gasteiger partial charge is 0.550 e. The average molecular weight is 585 g/mol. The van der Waals surface area contributed by atoms with Crippen molar-refractivity contribution < 1.29 is 42.3 Å². The van der Waals surface area contributed by atoms with Crippen molar-refractivity contribution >= 4 is 56.5 Å². The third kappa shape index (κ3) is 6.65. The van der Waals surface area contributed by atoms with Crippen molar-refractivity contribution in [2.24, 2.45) is 0 Å². The highest BCUT2D eigenvalue weighted by molar-refractivity contribution is 7.89. The lowest BCUT2D eigenvalue weighted by atomic mass is 10.0. The number of fused-ring (bicyclic) bond motifs is 2. The highest BCUT2D eigenvalue weighted by atomic mass is 32.2. The number of hydrazine groups is 1. The molecule has 2 aliphatic rings. The Morgan fingerprint density at radius 2 is 1.85 bits per heavy atom. The molecule has 0 radical (unpaired) electrons. The van der Waals surface area contributed by atoms with Gasteiger partial charge in [-0.25, -0.2) is 13.4 Å². The van der Waals surface area contributed by atoms with Crippen LogP contribution in [0.15, 0.2) is 47.4 Å². The first kappa shape index (κ1) is 29.5. The summed E-state index contributed by atoms with van der Waals surface area (Å²) >= 11 is 0. The first-order valence-corrected chi connectivity index (χ1v) is 14.4. The molecule has 2 aromatic carbocycles. The van der Waals surface area contributed by atoms with Gasteiger partial charge >= 0.3 is 6.21 Å². The van der Waals surface area contributed by atoms with E-state index in [1.807, 2.05) is 12.1 Å². The number of carbonyl (C=O) groups is 5. The molecular weight excluding hydrogens is 556 g/mol. The van der Waals surface area contributed by atoms with Crippen molar-refractivity contribution in [1.82, 2.24) is 20.1 Å². The summed E-state index contributed by atoms with van der Waals surface area (Å²) in [4.78, 5) is 66.1. The normalized spacial score (nSPS) is 20.0. The van der Waals surface area contributed by atoms with E-state index in [0.29, 0.717) is 18.0 Å². The maximum absolute atomic E-state index is 13.7. The molecule has 2 aromatic rings. The molecule has 2 aliphatic heterocycles. The van der Waals surface area contributed by atoms with E-state index in [4.69, 9.17) is 5.53 Å². The quantitative estimate of drug-likeness (QED) is 0.177. The number of carboxylic acids is 1. The SMILES string of the molecule is N=[N+]=CC(=O)[C@H](CCC(=O)[O-])NC(=O)[C@@H]1CCCN2C(=O)CC[C@H](NS(=O)(=O)c3ccc4ccccc4c3)C(=O)N12. The van der Waals surface area contributed by atoms with Crippen LogP contribution in [-0.2, 0) is 34.0 Å². The third-order valence-corrected chi connectivity index (χ3v) is 8.45. The van der Waals surface area contributed by atoms with Crippen LogP contribution in [0.3, 0.4) is 0 Å². The summed E-state index contributed by atoms with van der Waals surface area (Å²) in [6, 6.07) is 7.66. The van der Waals surface area contributed by atoms with Crippen LogP contribution in [0.2, 0.25) is 0 Å². The van der Waals surface area contributed by atoms with Gasteiger partial charge in [-0.3, -0.25) is 24.2 Å². The van der Waals surface area contributed by atoms with E-state index in [-0.39, 0.29) is 37.1 Å². The molecular formula is C26H28N6O8S. The average Bonchev–Trinajstić information content (AvgIpc) is 3.06. The summed E-state index contributed by atoms with van der Waals surface area (Å²) in [6.45, 7) is 0.122. The minimum absolute atomic E-state index is 0.0744. The van der Waals surface area contributed by atoms with Crippen LogP contribution in [0.1, 0.15) is 38.5 Å². The molecule has 15 heteroatoms. The van der Waals surface area contributed by atoms with Crippen LogP contribution in [0.5, 0.6) is 0 Å². The number of hydrogen-bond donors (Lipinski definition) is 3. The number of ketones is 1. The second kappa shape index (κ2) is 12.4. The Bertz CT molecular complexity index is 1550. The van der Waals surface area contributed by atoms with Crippen molar-refractivity contribution in [1.29, 1.82) is 5.53 Å². The molecule has 14 nitrogen and oxygen atoms in total. The molecule has 216 valence electrons. The molecule has 2 saturated heterocycles. The Kier molecular flexibility index (Phi) is 8.91. The van der Waals surface area contributed by atoms with E-state index < -0.39 is 64.0 Å². The fourth-order valence-electron chi connectivity index (χ4n) is 4.94. The number of Topliss-reactive ketones (excluding diaryl/α,β-unsaturated/α-hetero) is 1. The number of benzene rings is 2. The second-order valence-corrected chi connectivity index (χ2v) is 11.4. The molecule has 0 saturated carbocycles. The predicted molar refractivity (Wildman–Crippen MR) is 139 cm³/mol. The highest BCUT2D eigenvalue weighted by Gasteiger charge is 2.45. The van der Waals surface area contributed by atoms with Gasteiger partial charge in [0, 0.05) is 18.9 Å². The first-order chi connectivity index (χ1) is 19.5. The molecule has 3 N–H and O–H groups in total. The molecule has 0 unspecified atom stereocenters. The maximum Gasteiger partial charge on any atom is 0.374 e. The minimum atomic E-state index is -4.21. The van der Waals surface area contributed by atoms with Gasteiger partial charge in [0.2, 0.25) is 21.8 Å². The molecule has 4 rings (SSSR count). The highest BCUT2D eigenvalue weighted by Crippen LogP contribution is 2.26. The Labute approximate surface area is 234 Å². The molecule has 0 aliphatic carbocycles. The lowest BCUT2D eigenvalue weighted by molar-refractivity contribution is -0.305. The van der Waals surface area contributed by atoms with Crippen LogP contribution in [0, 0.1) is 5.53 Å². The number of carbonyl (C=O) groups excluding carboxylic acids is 5. The molecule has 41 heavy (non-hydrogen) atoms. The van der Waals surface area contributed by atoms with Gasteiger partial charge < -0.3 is 15.2 Å². The van der Waals surface area contributed by atoms with Crippen molar-refractivity contribution in [3.63, 3.8) is 0 Å². The third-order valence-electron chi connectivity index (χ3n) is 6.98. The van der Waals surface area contributed by atoms with Gasteiger partial charge in [0.1, 0.15) is 12.1 Å². The Morgan fingerprint density at radius 3 is 2.56 bits per heavy atom. The molecule has 3 amide bonds. The van der Waals surface area contributed by atoms with Gasteiger partial charge in [-0.1, -0.05) is 30.3 Å². The summed E-state index contributed by atoms with van der Waals surface area (Å²) in [5, 5.41) is 16.9. The summed E-state index contributed by atoms with van der Waals surface area (Å²) in [5.74, 6) is -4.43. The van der Waals surface area contributed by atoms with Crippen LogP contribution < -0.4 is 15.1 Å². The molecule has 0 bridgehead atoms. The number of aliphatic carboxylic acids is 1. The fourth-order valence-corrected chi connectivity index (χ4v) is 6.20. The van der Waals surface area contributed by atoms with Crippen LogP contribution in [0.25, 0.3) is 10.8 Å². The maximum atomic E-state index is 13.7. The van der Waals surface area contributed by atoms with E-state index in [9.17, 15) is 37.5 Å². The fraction of sp³-hybridized carbons (Fsp3) is 0.385. The molecule has 2 heterocycles. The zero-order valence-corrected chi connectivity index (χ0v) is 22.6. The standard InChI is InChI=1S/C26H28N6O8S/c27-28-15-22(33)19(10-12-24(35)36)29-25(37)21-6-3-13-31-23(34)11-9-20(26(38)32(21)31)30-41(39,40)18-8-7-16-4-1-2-5-17(16)14-18/h1-2,4-5,7-8,14-15,19-21,27,30H,3,6,9-13H2,(H-,29,35,36,37)/t19-,20-,21-/m0/s1. The number of nitrogens with one attached hydrogen (secondary N) is 3. The van der Waals surface area contributed by atoms with Gasteiger partial charge in [0.15, 0.2) is 0 Å². The lowest BCUT2D eigenvalue weighted by Crippen LogP contribution is -2.64. The van der Waals surface area contributed by atoms with Crippen molar-refractivity contribution in [2.45, 2.75) is 61.5 Å². The second-order valence-electron chi connectivity index (χ2n) is 9.71. The first-order valence-electron chi connectivity index (χ1n) is 12.9. The van der Waals surface area contributed by atoms with Crippen molar-refractivity contribution in [2.75, 3.05) is 6.54 Å². The van der Waals surface area contributed by atoms with E-state index in [1.54, 1.807) is 18.2 Å². The number of nitrogens with zero attached hydrogens (tertiary/aromatic N) is 3. The number of hydrogen-bond acceptors (Lipinski definition) is 9.